The average Bonchev–Trinajstić information content (AvgIpc) is 2.73. The van der Waals surface area contributed by atoms with Crippen molar-refractivity contribution >= 4 is 18.2 Å². The third-order valence-electron chi connectivity index (χ3n) is 4.59. The first-order valence-electron chi connectivity index (χ1n) is 8.81. The van der Waals surface area contributed by atoms with E-state index in [4.69, 9.17) is 0 Å². The fourth-order valence-electron chi connectivity index (χ4n) is 3.04. The molecule has 1 aliphatic rings. The highest BCUT2D eigenvalue weighted by Crippen LogP contribution is 2.12. The number of amides is 3. The minimum Gasteiger partial charge on any atom is -0.342 e. The van der Waals surface area contributed by atoms with Crippen LogP contribution < -0.4 is 0 Å². The van der Waals surface area contributed by atoms with Gasteiger partial charge in [0.05, 0.1) is 11.1 Å². The summed E-state index contributed by atoms with van der Waals surface area (Å²) in [6, 6.07) is 11.3. The summed E-state index contributed by atoms with van der Waals surface area (Å²) in [5, 5.41) is 0. The molecule has 1 aromatic heterocycles. The molecule has 3 amide bonds. The van der Waals surface area contributed by atoms with Crippen LogP contribution in [0, 0.1) is 0 Å². The Morgan fingerprint density at radius 3 is 2.41 bits per heavy atom. The second kappa shape index (κ2) is 8.44. The minimum absolute atomic E-state index is 0.173. The van der Waals surface area contributed by atoms with Crippen molar-refractivity contribution in [3.8, 4) is 0 Å². The van der Waals surface area contributed by atoms with E-state index in [1.54, 1.807) is 27.8 Å². The van der Waals surface area contributed by atoms with Crippen molar-refractivity contribution in [1.29, 1.82) is 0 Å². The molecule has 0 N–H and O–H groups in total. The smallest absolute Gasteiger partial charge is 0.255 e. The second-order valence-electron chi connectivity index (χ2n) is 6.54. The molecular formula is C20H22N4O3. The number of piperazine rings is 1. The number of nitrogens with zero attached hydrogens (tertiary/aromatic N) is 4. The maximum absolute atomic E-state index is 12.7. The SMILES string of the molecule is CN(Cc1ccccc1)C(=O)c1cncc(C(=O)N2CCN(C=O)CC2)c1. The van der Waals surface area contributed by atoms with Crippen molar-refractivity contribution in [3.63, 3.8) is 0 Å². The summed E-state index contributed by atoms with van der Waals surface area (Å²) in [5.74, 6) is -0.361. The van der Waals surface area contributed by atoms with E-state index in [-0.39, 0.29) is 11.8 Å². The Morgan fingerprint density at radius 1 is 1.07 bits per heavy atom. The van der Waals surface area contributed by atoms with Gasteiger partial charge in [-0.1, -0.05) is 30.3 Å². The fraction of sp³-hybridized carbons (Fsp3) is 0.300. The van der Waals surface area contributed by atoms with Gasteiger partial charge in [-0.3, -0.25) is 19.4 Å². The molecular weight excluding hydrogens is 344 g/mol. The molecule has 0 spiro atoms. The van der Waals surface area contributed by atoms with Crippen LogP contribution in [0.1, 0.15) is 26.3 Å². The van der Waals surface area contributed by atoms with E-state index in [0.717, 1.165) is 12.0 Å². The van der Waals surface area contributed by atoms with Crippen molar-refractivity contribution in [2.24, 2.45) is 0 Å². The molecule has 1 fully saturated rings. The van der Waals surface area contributed by atoms with Crippen molar-refractivity contribution in [1.82, 2.24) is 19.7 Å². The van der Waals surface area contributed by atoms with Crippen molar-refractivity contribution in [2.75, 3.05) is 33.2 Å². The van der Waals surface area contributed by atoms with Crippen LogP contribution in [-0.2, 0) is 11.3 Å². The van der Waals surface area contributed by atoms with Gasteiger partial charge in [0.2, 0.25) is 6.41 Å². The minimum atomic E-state index is -0.188. The van der Waals surface area contributed by atoms with Crippen molar-refractivity contribution in [3.05, 3.63) is 65.5 Å². The molecule has 7 nitrogen and oxygen atoms in total. The van der Waals surface area contributed by atoms with E-state index in [1.807, 2.05) is 30.3 Å². The summed E-state index contributed by atoms with van der Waals surface area (Å²) < 4.78 is 0. The number of hydrogen-bond acceptors (Lipinski definition) is 4. The molecule has 0 aliphatic carbocycles. The van der Waals surface area contributed by atoms with Gasteiger partial charge in [-0.25, -0.2) is 0 Å². The molecule has 0 bridgehead atoms. The van der Waals surface area contributed by atoms with Crippen LogP contribution in [0.25, 0.3) is 0 Å². The van der Waals surface area contributed by atoms with Crippen LogP contribution in [0.2, 0.25) is 0 Å². The quantitative estimate of drug-likeness (QED) is 0.747. The summed E-state index contributed by atoms with van der Waals surface area (Å²) in [5.41, 5.74) is 1.79. The van der Waals surface area contributed by atoms with Gasteiger partial charge in [0.25, 0.3) is 11.8 Å². The number of carbonyl (C=O) groups is 3. The van der Waals surface area contributed by atoms with E-state index in [2.05, 4.69) is 4.98 Å². The summed E-state index contributed by atoms with van der Waals surface area (Å²) in [7, 11) is 1.72. The number of rotatable bonds is 5. The fourth-order valence-corrected chi connectivity index (χ4v) is 3.04. The number of carbonyl (C=O) groups excluding carboxylic acids is 3. The first-order chi connectivity index (χ1) is 13.1. The zero-order chi connectivity index (χ0) is 19.2. The molecule has 2 heterocycles. The molecule has 1 saturated heterocycles. The monoisotopic (exact) mass is 366 g/mol. The standard InChI is InChI=1S/C20H22N4O3/c1-22(14-16-5-3-2-4-6-16)19(26)17-11-18(13-21-12-17)20(27)24-9-7-23(15-25)8-10-24/h2-6,11-13,15H,7-10,14H2,1H3. The molecule has 7 heteroatoms. The highest BCUT2D eigenvalue weighted by atomic mass is 16.2. The van der Waals surface area contributed by atoms with E-state index in [0.29, 0.717) is 43.9 Å². The lowest BCUT2D eigenvalue weighted by Crippen LogP contribution is -2.48. The largest absolute Gasteiger partial charge is 0.342 e. The van der Waals surface area contributed by atoms with Crippen molar-refractivity contribution < 1.29 is 14.4 Å². The van der Waals surface area contributed by atoms with Gasteiger partial charge in [0.15, 0.2) is 0 Å². The summed E-state index contributed by atoms with van der Waals surface area (Å²) in [6.07, 6.45) is 3.75. The summed E-state index contributed by atoms with van der Waals surface area (Å²) in [6.45, 7) is 2.46. The van der Waals surface area contributed by atoms with Crippen LogP contribution in [0.5, 0.6) is 0 Å². The van der Waals surface area contributed by atoms with E-state index >= 15 is 0 Å². The lowest BCUT2D eigenvalue weighted by molar-refractivity contribution is -0.119. The normalized spacial score (nSPS) is 14.0. The molecule has 1 aromatic carbocycles. The lowest BCUT2D eigenvalue weighted by atomic mass is 10.1. The molecule has 0 unspecified atom stereocenters. The first-order valence-corrected chi connectivity index (χ1v) is 8.81. The molecule has 0 radical (unpaired) electrons. The highest BCUT2D eigenvalue weighted by molar-refractivity contribution is 5.99. The van der Waals surface area contributed by atoms with Crippen LogP contribution in [0.15, 0.2) is 48.8 Å². The van der Waals surface area contributed by atoms with Crippen LogP contribution in [0.4, 0.5) is 0 Å². The Kier molecular flexibility index (Phi) is 5.80. The molecule has 0 atom stereocenters. The second-order valence-corrected chi connectivity index (χ2v) is 6.54. The molecule has 1 aliphatic heterocycles. The van der Waals surface area contributed by atoms with Gasteiger partial charge >= 0.3 is 0 Å². The van der Waals surface area contributed by atoms with Gasteiger partial charge in [-0.2, -0.15) is 0 Å². The molecule has 27 heavy (non-hydrogen) atoms. The molecule has 2 aromatic rings. The molecule has 0 saturated carbocycles. The van der Waals surface area contributed by atoms with Gasteiger partial charge in [0, 0.05) is 52.2 Å². The Morgan fingerprint density at radius 2 is 1.74 bits per heavy atom. The van der Waals surface area contributed by atoms with Gasteiger partial charge < -0.3 is 14.7 Å². The Bertz CT molecular complexity index is 817. The summed E-state index contributed by atoms with van der Waals surface area (Å²) in [4.78, 5) is 45.2. The van der Waals surface area contributed by atoms with Crippen molar-refractivity contribution in [2.45, 2.75) is 6.54 Å². The first kappa shape index (κ1) is 18.6. The Balaban J connectivity index is 1.68. The van der Waals surface area contributed by atoms with E-state index in [9.17, 15) is 14.4 Å². The Hall–Kier alpha value is -3.22. The zero-order valence-electron chi connectivity index (χ0n) is 15.2. The predicted octanol–water partition coefficient (Wildman–Crippen LogP) is 1.27. The van der Waals surface area contributed by atoms with Gasteiger partial charge in [0.1, 0.15) is 0 Å². The third kappa shape index (κ3) is 4.49. The van der Waals surface area contributed by atoms with E-state index < -0.39 is 0 Å². The topological polar surface area (TPSA) is 73.8 Å². The van der Waals surface area contributed by atoms with Gasteiger partial charge in [-0.15, -0.1) is 0 Å². The maximum atomic E-state index is 12.7. The number of pyridine rings is 1. The van der Waals surface area contributed by atoms with Gasteiger partial charge in [-0.05, 0) is 11.6 Å². The van der Waals surface area contributed by atoms with E-state index in [1.165, 1.54) is 12.4 Å². The van der Waals surface area contributed by atoms with Crippen LogP contribution in [-0.4, -0.2) is 71.1 Å². The lowest BCUT2D eigenvalue weighted by Gasteiger charge is -2.32. The molecule has 140 valence electrons. The number of benzene rings is 1. The number of aromatic nitrogens is 1. The summed E-state index contributed by atoms with van der Waals surface area (Å²) >= 11 is 0. The zero-order valence-corrected chi connectivity index (χ0v) is 15.2. The predicted molar refractivity (Wildman–Crippen MR) is 100 cm³/mol. The molecule has 3 rings (SSSR count). The maximum Gasteiger partial charge on any atom is 0.255 e. The van der Waals surface area contributed by atoms with Crippen LogP contribution in [0.3, 0.4) is 0 Å². The highest BCUT2D eigenvalue weighted by Gasteiger charge is 2.23. The Labute approximate surface area is 158 Å². The third-order valence-corrected chi connectivity index (χ3v) is 4.59. The van der Waals surface area contributed by atoms with Crippen LogP contribution >= 0.6 is 0 Å². The number of hydrogen-bond donors (Lipinski definition) is 0. The average molecular weight is 366 g/mol.